The van der Waals surface area contributed by atoms with Crippen LogP contribution in [0.5, 0.6) is 0 Å². The zero-order valence-electron chi connectivity index (χ0n) is 11.0. The average molecular weight is 252 g/mol. The normalized spacial score (nSPS) is 12.5. The molecule has 0 radical (unpaired) electrons. The van der Waals surface area contributed by atoms with E-state index < -0.39 is 0 Å². The Balaban J connectivity index is 2.74. The second-order valence-electron chi connectivity index (χ2n) is 4.21. The van der Waals surface area contributed by atoms with E-state index in [2.05, 4.69) is 10.4 Å². The molecule has 100 valence electrons. The van der Waals surface area contributed by atoms with E-state index in [0.717, 1.165) is 6.54 Å². The third-order valence-corrected chi connectivity index (χ3v) is 2.66. The summed E-state index contributed by atoms with van der Waals surface area (Å²) in [6.45, 7) is 3.32. The van der Waals surface area contributed by atoms with Crippen molar-refractivity contribution in [2.75, 3.05) is 20.7 Å². The molecule has 0 aliphatic heterocycles. The summed E-state index contributed by atoms with van der Waals surface area (Å²) in [4.78, 5) is 17.8. The monoisotopic (exact) mass is 252 g/mol. The van der Waals surface area contributed by atoms with Crippen LogP contribution in [0, 0.1) is 0 Å². The minimum Gasteiger partial charge on any atom is -0.380 e. The van der Waals surface area contributed by atoms with Gasteiger partial charge in [0.25, 0.3) is 5.91 Å². The van der Waals surface area contributed by atoms with E-state index >= 15 is 0 Å². The number of nitrogens with one attached hydrogen (secondary N) is 1. The number of hydrogen-bond donors (Lipinski definition) is 2. The van der Waals surface area contributed by atoms with Crippen molar-refractivity contribution in [2.24, 2.45) is 5.84 Å². The van der Waals surface area contributed by atoms with Gasteiger partial charge in [0.15, 0.2) is 0 Å². The summed E-state index contributed by atoms with van der Waals surface area (Å²) in [5, 5.41) is 0. The van der Waals surface area contributed by atoms with Crippen molar-refractivity contribution in [1.29, 1.82) is 0 Å². The molecule has 0 aliphatic carbocycles. The number of nitrogen functional groups attached to an aromatic ring is 1. The lowest BCUT2D eigenvalue weighted by molar-refractivity contribution is 0.0830. The van der Waals surface area contributed by atoms with Crippen LogP contribution in [0.3, 0.4) is 0 Å². The summed E-state index contributed by atoms with van der Waals surface area (Å²) >= 11 is 0. The van der Waals surface area contributed by atoms with Crippen LogP contribution in [-0.2, 0) is 11.3 Å². The molecule has 1 amide bonds. The lowest BCUT2D eigenvalue weighted by atomic mass is 10.1. The van der Waals surface area contributed by atoms with E-state index in [4.69, 9.17) is 10.6 Å². The molecule has 6 nitrogen and oxygen atoms in total. The van der Waals surface area contributed by atoms with Crippen LogP contribution in [0.15, 0.2) is 18.3 Å². The topological polar surface area (TPSA) is 80.5 Å². The molecule has 1 heterocycles. The summed E-state index contributed by atoms with van der Waals surface area (Å²) in [6, 6.07) is 3.42. The molecule has 1 aromatic heterocycles. The summed E-state index contributed by atoms with van der Waals surface area (Å²) in [5.41, 5.74) is 3.32. The van der Waals surface area contributed by atoms with Gasteiger partial charge in [-0.2, -0.15) is 0 Å². The van der Waals surface area contributed by atoms with Crippen molar-refractivity contribution >= 4 is 5.91 Å². The third kappa shape index (κ3) is 4.06. The molecule has 1 rings (SSSR count). The molecule has 0 fully saturated rings. The van der Waals surface area contributed by atoms with Gasteiger partial charge >= 0.3 is 0 Å². The first kappa shape index (κ1) is 14.6. The standard InChI is InChI=1S/C12H20N4O2/c1-9(18-3)7-16(2)8-11-10(12(17)15-13)5-4-6-14-11/h4-6,9H,7-8,13H2,1-3H3,(H,15,17). The fraction of sp³-hybridized carbons (Fsp3) is 0.500. The van der Waals surface area contributed by atoms with Gasteiger partial charge in [0.1, 0.15) is 0 Å². The van der Waals surface area contributed by atoms with Gasteiger partial charge in [-0.1, -0.05) is 0 Å². The van der Waals surface area contributed by atoms with E-state index in [0.29, 0.717) is 17.8 Å². The van der Waals surface area contributed by atoms with Crippen LogP contribution >= 0.6 is 0 Å². The van der Waals surface area contributed by atoms with Crippen LogP contribution < -0.4 is 11.3 Å². The first-order valence-electron chi connectivity index (χ1n) is 5.74. The Labute approximate surface area is 107 Å². The maximum atomic E-state index is 11.6. The molecule has 0 aromatic carbocycles. The highest BCUT2D eigenvalue weighted by Gasteiger charge is 2.13. The fourth-order valence-corrected chi connectivity index (χ4v) is 1.68. The first-order chi connectivity index (χ1) is 8.58. The van der Waals surface area contributed by atoms with Crippen LogP contribution in [0.1, 0.15) is 23.0 Å². The van der Waals surface area contributed by atoms with Crippen LogP contribution in [-0.4, -0.2) is 42.6 Å². The van der Waals surface area contributed by atoms with Crippen molar-refractivity contribution in [3.8, 4) is 0 Å². The maximum Gasteiger partial charge on any atom is 0.267 e. The zero-order valence-corrected chi connectivity index (χ0v) is 11.0. The SMILES string of the molecule is COC(C)CN(C)Cc1ncccc1C(=O)NN. The number of likely N-dealkylation sites (N-methyl/N-ethyl adjacent to an activating group) is 1. The van der Waals surface area contributed by atoms with E-state index in [1.54, 1.807) is 25.4 Å². The Morgan fingerprint density at radius 3 is 3.00 bits per heavy atom. The number of hydrogen-bond acceptors (Lipinski definition) is 5. The average Bonchev–Trinajstić information content (AvgIpc) is 2.38. The molecule has 1 atom stereocenters. The van der Waals surface area contributed by atoms with Gasteiger partial charge < -0.3 is 4.74 Å². The Bertz CT molecular complexity index is 397. The number of nitrogens with zero attached hydrogens (tertiary/aromatic N) is 2. The lowest BCUT2D eigenvalue weighted by Crippen LogP contribution is -2.33. The van der Waals surface area contributed by atoms with Gasteiger partial charge in [0.2, 0.25) is 0 Å². The number of carbonyl (C=O) groups excluding carboxylic acids is 1. The number of rotatable bonds is 6. The first-order valence-corrected chi connectivity index (χ1v) is 5.74. The van der Waals surface area contributed by atoms with Crippen molar-refractivity contribution in [3.05, 3.63) is 29.6 Å². The predicted octanol–water partition coefficient (Wildman–Crippen LogP) is 0.152. The molecular formula is C12H20N4O2. The van der Waals surface area contributed by atoms with E-state index in [-0.39, 0.29) is 12.0 Å². The van der Waals surface area contributed by atoms with Crippen molar-refractivity contribution in [1.82, 2.24) is 15.3 Å². The Kier molecular flexibility index (Phi) is 5.70. The van der Waals surface area contributed by atoms with E-state index in [1.807, 2.05) is 18.9 Å². The molecule has 3 N–H and O–H groups in total. The number of carbonyl (C=O) groups is 1. The highest BCUT2D eigenvalue weighted by atomic mass is 16.5. The molecule has 0 spiro atoms. The lowest BCUT2D eigenvalue weighted by Gasteiger charge is -2.20. The molecule has 0 saturated carbocycles. The summed E-state index contributed by atoms with van der Waals surface area (Å²) in [7, 11) is 3.63. The second kappa shape index (κ2) is 7.05. The van der Waals surface area contributed by atoms with Gasteiger partial charge in [-0.15, -0.1) is 0 Å². The molecule has 0 aliphatic rings. The van der Waals surface area contributed by atoms with Crippen LogP contribution in [0.2, 0.25) is 0 Å². The molecule has 1 aromatic rings. The minimum atomic E-state index is -0.328. The van der Waals surface area contributed by atoms with Gasteiger partial charge in [-0.05, 0) is 26.1 Å². The number of nitrogens with two attached hydrogens (primary N) is 1. The minimum absolute atomic E-state index is 0.130. The number of hydrazine groups is 1. The molecule has 6 heteroatoms. The number of methoxy groups -OCH3 is 1. The van der Waals surface area contributed by atoms with E-state index in [9.17, 15) is 4.79 Å². The number of aromatic nitrogens is 1. The molecule has 18 heavy (non-hydrogen) atoms. The highest BCUT2D eigenvalue weighted by Crippen LogP contribution is 2.08. The van der Waals surface area contributed by atoms with Crippen LogP contribution in [0.25, 0.3) is 0 Å². The number of amides is 1. The van der Waals surface area contributed by atoms with Crippen molar-refractivity contribution < 1.29 is 9.53 Å². The summed E-state index contributed by atoms with van der Waals surface area (Å²) in [5.74, 6) is 4.82. The second-order valence-corrected chi connectivity index (χ2v) is 4.21. The number of ether oxygens (including phenoxy) is 1. The third-order valence-electron chi connectivity index (χ3n) is 2.66. The number of pyridine rings is 1. The molecule has 0 saturated heterocycles. The maximum absolute atomic E-state index is 11.6. The quantitative estimate of drug-likeness (QED) is 0.428. The van der Waals surface area contributed by atoms with Crippen LogP contribution in [0.4, 0.5) is 0 Å². The van der Waals surface area contributed by atoms with Gasteiger partial charge in [0, 0.05) is 26.4 Å². The molecular weight excluding hydrogens is 232 g/mol. The Morgan fingerprint density at radius 1 is 1.67 bits per heavy atom. The molecule has 0 bridgehead atoms. The van der Waals surface area contributed by atoms with Gasteiger partial charge in [-0.25, -0.2) is 5.84 Å². The smallest absolute Gasteiger partial charge is 0.267 e. The summed E-state index contributed by atoms with van der Waals surface area (Å²) in [6.07, 6.45) is 1.79. The molecule has 1 unspecified atom stereocenters. The fourth-order valence-electron chi connectivity index (χ4n) is 1.68. The van der Waals surface area contributed by atoms with Gasteiger partial charge in [0.05, 0.1) is 17.4 Å². The predicted molar refractivity (Wildman–Crippen MR) is 68.7 cm³/mol. The Hall–Kier alpha value is -1.50. The van der Waals surface area contributed by atoms with Crippen molar-refractivity contribution in [3.63, 3.8) is 0 Å². The van der Waals surface area contributed by atoms with Gasteiger partial charge in [-0.3, -0.25) is 20.1 Å². The largest absolute Gasteiger partial charge is 0.380 e. The Morgan fingerprint density at radius 2 is 2.39 bits per heavy atom. The summed E-state index contributed by atoms with van der Waals surface area (Å²) < 4.78 is 5.20. The highest BCUT2D eigenvalue weighted by molar-refractivity contribution is 5.94. The zero-order chi connectivity index (χ0) is 13.5. The van der Waals surface area contributed by atoms with E-state index in [1.165, 1.54) is 0 Å². The van der Waals surface area contributed by atoms with Crippen molar-refractivity contribution in [2.45, 2.75) is 19.6 Å².